The molecule has 0 unspecified atom stereocenters. The molecule has 0 atom stereocenters. The van der Waals surface area contributed by atoms with E-state index in [1.54, 1.807) is 13.8 Å². The van der Waals surface area contributed by atoms with Crippen molar-refractivity contribution >= 4 is 11.9 Å². The van der Waals surface area contributed by atoms with E-state index in [4.69, 9.17) is 9.47 Å². The first-order chi connectivity index (χ1) is 8.63. The molecule has 0 aliphatic carbocycles. The maximum Gasteiger partial charge on any atom is 0.307 e. The molecule has 0 aromatic carbocycles. The Morgan fingerprint density at radius 1 is 0.833 bits per heavy atom. The van der Waals surface area contributed by atoms with Crippen molar-refractivity contribution in [2.75, 3.05) is 32.8 Å². The quantitative estimate of drug-likeness (QED) is 0.558. The Morgan fingerprint density at radius 3 is 1.61 bits per heavy atom. The van der Waals surface area contributed by atoms with Gasteiger partial charge in [0.2, 0.25) is 0 Å². The zero-order valence-electron chi connectivity index (χ0n) is 11.7. The summed E-state index contributed by atoms with van der Waals surface area (Å²) in [5.41, 5.74) is 0. The summed E-state index contributed by atoms with van der Waals surface area (Å²) < 4.78 is 9.75. The third-order valence-electron chi connectivity index (χ3n) is 2.41. The van der Waals surface area contributed by atoms with Crippen LogP contribution < -0.4 is 0 Å². The SMILES string of the molecule is CCCN(CCC(=O)OCC)CCC(=O)OCC. The summed E-state index contributed by atoms with van der Waals surface area (Å²) >= 11 is 0. The number of ether oxygens (including phenoxy) is 2. The largest absolute Gasteiger partial charge is 0.466 e. The molecule has 0 aliphatic rings. The van der Waals surface area contributed by atoms with Gasteiger partial charge in [0.05, 0.1) is 26.1 Å². The Bertz CT molecular complexity index is 221. The van der Waals surface area contributed by atoms with Gasteiger partial charge in [0.1, 0.15) is 0 Å². The number of hydrogen-bond donors (Lipinski definition) is 0. The normalized spacial score (nSPS) is 10.4. The van der Waals surface area contributed by atoms with E-state index in [1.165, 1.54) is 0 Å². The molecule has 0 amide bonds. The van der Waals surface area contributed by atoms with Crippen LogP contribution in [0.15, 0.2) is 0 Å². The van der Waals surface area contributed by atoms with E-state index >= 15 is 0 Å². The molecule has 5 nitrogen and oxygen atoms in total. The molecule has 0 aromatic rings. The summed E-state index contributed by atoms with van der Waals surface area (Å²) in [5.74, 6) is -0.371. The van der Waals surface area contributed by atoms with Crippen LogP contribution in [0.2, 0.25) is 0 Å². The molecule has 0 aliphatic heterocycles. The Balaban J connectivity index is 3.91. The Morgan fingerprint density at radius 2 is 1.28 bits per heavy atom. The lowest BCUT2D eigenvalue weighted by molar-refractivity contribution is -0.143. The van der Waals surface area contributed by atoms with Crippen LogP contribution in [0, 0.1) is 0 Å². The van der Waals surface area contributed by atoms with E-state index in [9.17, 15) is 9.59 Å². The van der Waals surface area contributed by atoms with Crippen LogP contribution in [-0.2, 0) is 19.1 Å². The molecular weight excluding hydrogens is 234 g/mol. The predicted molar refractivity (Wildman–Crippen MR) is 69.2 cm³/mol. The zero-order chi connectivity index (χ0) is 13.8. The lowest BCUT2D eigenvalue weighted by atomic mass is 10.3. The molecule has 18 heavy (non-hydrogen) atoms. The van der Waals surface area contributed by atoms with Crippen molar-refractivity contribution in [3.63, 3.8) is 0 Å². The van der Waals surface area contributed by atoms with Gasteiger partial charge < -0.3 is 14.4 Å². The lowest BCUT2D eigenvalue weighted by Crippen LogP contribution is -2.30. The minimum absolute atomic E-state index is 0.185. The van der Waals surface area contributed by atoms with E-state index in [1.807, 2.05) is 0 Å². The topological polar surface area (TPSA) is 55.8 Å². The van der Waals surface area contributed by atoms with Gasteiger partial charge in [0.15, 0.2) is 0 Å². The van der Waals surface area contributed by atoms with Crippen molar-refractivity contribution in [1.82, 2.24) is 4.90 Å². The Labute approximate surface area is 109 Å². The van der Waals surface area contributed by atoms with Gasteiger partial charge in [-0.05, 0) is 26.8 Å². The standard InChI is InChI=1S/C13H25NO4/c1-4-9-14(10-7-12(15)17-5-2)11-8-13(16)18-6-3/h4-11H2,1-3H3. The summed E-state index contributed by atoms with van der Waals surface area (Å²) in [5, 5.41) is 0. The third kappa shape index (κ3) is 8.98. The maximum absolute atomic E-state index is 11.3. The number of esters is 2. The first kappa shape index (κ1) is 16.9. The van der Waals surface area contributed by atoms with Crippen molar-refractivity contribution in [2.45, 2.75) is 40.0 Å². The summed E-state index contributed by atoms with van der Waals surface area (Å²) in [6.45, 7) is 8.62. The monoisotopic (exact) mass is 259 g/mol. The first-order valence-electron chi connectivity index (χ1n) is 6.67. The second-order valence-corrected chi connectivity index (χ2v) is 3.95. The molecule has 0 bridgehead atoms. The van der Waals surface area contributed by atoms with Crippen LogP contribution in [0.4, 0.5) is 0 Å². The molecule has 0 fully saturated rings. The van der Waals surface area contributed by atoms with E-state index in [-0.39, 0.29) is 11.9 Å². The van der Waals surface area contributed by atoms with Crippen molar-refractivity contribution < 1.29 is 19.1 Å². The minimum atomic E-state index is -0.185. The molecule has 0 saturated carbocycles. The van der Waals surface area contributed by atoms with Crippen molar-refractivity contribution in [3.05, 3.63) is 0 Å². The number of rotatable bonds is 10. The number of nitrogens with zero attached hydrogens (tertiary/aromatic N) is 1. The van der Waals surface area contributed by atoms with Gasteiger partial charge in [-0.3, -0.25) is 9.59 Å². The van der Waals surface area contributed by atoms with Crippen molar-refractivity contribution in [3.8, 4) is 0 Å². The van der Waals surface area contributed by atoms with Crippen LogP contribution in [0.25, 0.3) is 0 Å². The Hall–Kier alpha value is -1.10. The molecule has 0 aromatic heterocycles. The lowest BCUT2D eigenvalue weighted by Gasteiger charge is -2.20. The predicted octanol–water partition coefficient (Wildman–Crippen LogP) is 1.60. The fraction of sp³-hybridized carbons (Fsp3) is 0.846. The molecule has 106 valence electrons. The zero-order valence-corrected chi connectivity index (χ0v) is 11.7. The van der Waals surface area contributed by atoms with E-state index in [0.717, 1.165) is 13.0 Å². The molecular formula is C13H25NO4. The van der Waals surface area contributed by atoms with Crippen LogP contribution in [0.3, 0.4) is 0 Å². The highest BCUT2D eigenvalue weighted by molar-refractivity contribution is 5.70. The maximum atomic E-state index is 11.3. The average Bonchev–Trinajstić information content (AvgIpc) is 2.33. The number of hydrogen-bond acceptors (Lipinski definition) is 5. The van der Waals surface area contributed by atoms with Crippen LogP contribution in [-0.4, -0.2) is 49.7 Å². The molecule has 0 heterocycles. The second-order valence-electron chi connectivity index (χ2n) is 3.95. The van der Waals surface area contributed by atoms with Crippen molar-refractivity contribution in [1.29, 1.82) is 0 Å². The summed E-state index contributed by atoms with van der Waals surface area (Å²) in [7, 11) is 0. The molecule has 0 radical (unpaired) electrons. The second kappa shape index (κ2) is 11.0. The Kier molecular flexibility index (Phi) is 10.3. The number of carbonyl (C=O) groups is 2. The first-order valence-corrected chi connectivity index (χ1v) is 6.67. The van der Waals surface area contributed by atoms with Gasteiger partial charge >= 0.3 is 11.9 Å². The molecule has 0 N–H and O–H groups in total. The highest BCUT2D eigenvalue weighted by Crippen LogP contribution is 1.99. The summed E-state index contributed by atoms with van der Waals surface area (Å²) in [6.07, 6.45) is 1.74. The number of carbonyl (C=O) groups excluding carboxylic acids is 2. The van der Waals surface area contributed by atoms with Crippen LogP contribution in [0.1, 0.15) is 40.0 Å². The van der Waals surface area contributed by atoms with Crippen molar-refractivity contribution in [2.24, 2.45) is 0 Å². The van der Waals surface area contributed by atoms with Crippen LogP contribution >= 0.6 is 0 Å². The molecule has 5 heteroatoms. The van der Waals surface area contributed by atoms with Gasteiger partial charge in [0.25, 0.3) is 0 Å². The third-order valence-corrected chi connectivity index (χ3v) is 2.41. The minimum Gasteiger partial charge on any atom is -0.466 e. The van der Waals surface area contributed by atoms with Gasteiger partial charge in [-0.15, -0.1) is 0 Å². The van der Waals surface area contributed by atoms with Gasteiger partial charge in [-0.25, -0.2) is 0 Å². The summed E-state index contributed by atoms with van der Waals surface area (Å²) in [6, 6.07) is 0. The molecule has 0 saturated heterocycles. The highest BCUT2D eigenvalue weighted by atomic mass is 16.5. The van der Waals surface area contributed by atoms with E-state index in [2.05, 4.69) is 11.8 Å². The fourth-order valence-corrected chi connectivity index (χ4v) is 1.62. The average molecular weight is 259 g/mol. The van der Waals surface area contributed by atoms with Gasteiger partial charge in [-0.2, -0.15) is 0 Å². The van der Waals surface area contributed by atoms with Gasteiger partial charge in [0, 0.05) is 13.1 Å². The van der Waals surface area contributed by atoms with Crippen LogP contribution in [0.5, 0.6) is 0 Å². The summed E-state index contributed by atoms with van der Waals surface area (Å²) in [4.78, 5) is 24.6. The molecule has 0 spiro atoms. The van der Waals surface area contributed by atoms with E-state index < -0.39 is 0 Å². The fourth-order valence-electron chi connectivity index (χ4n) is 1.62. The van der Waals surface area contributed by atoms with E-state index in [0.29, 0.717) is 39.1 Å². The molecule has 0 rings (SSSR count). The highest BCUT2D eigenvalue weighted by Gasteiger charge is 2.10. The smallest absolute Gasteiger partial charge is 0.307 e. The van der Waals surface area contributed by atoms with Gasteiger partial charge in [-0.1, -0.05) is 6.92 Å².